The smallest absolute Gasteiger partial charge is 0.339 e. The molecule has 1 saturated heterocycles. The first-order valence-electron chi connectivity index (χ1n) is 12.9. The highest BCUT2D eigenvalue weighted by Crippen LogP contribution is 2.52. The Balaban J connectivity index is 1.52. The van der Waals surface area contributed by atoms with E-state index in [4.69, 9.17) is 18.9 Å². The number of cyclic esters (lactones) is 1. The molecular weight excluding hydrogens is 604 g/mol. The van der Waals surface area contributed by atoms with Crippen LogP contribution in [0.25, 0.3) is 17.2 Å². The molecule has 16 heteroatoms. The topological polar surface area (TPSA) is 270 Å². The van der Waals surface area contributed by atoms with Crippen LogP contribution in [0.2, 0.25) is 0 Å². The Morgan fingerprint density at radius 1 is 0.778 bits per heavy atom. The molecule has 0 aromatic heterocycles. The van der Waals surface area contributed by atoms with Crippen molar-refractivity contribution in [3.8, 4) is 51.4 Å². The molecule has 9 N–H and O–H groups in total. The number of aromatic hydroxyl groups is 7. The second-order valence-corrected chi connectivity index (χ2v) is 9.89. The second-order valence-electron chi connectivity index (χ2n) is 9.89. The number of phenolic OH excluding ortho intramolecular Hbond substituents is 7. The SMILES string of the molecule is O=C(C=Cc1ccc(O)cc1)O[C@@H]1O[C@@H]2COC(=O)c3cc(O)c(O)c(O)c3-c3c(cc(O)c(O)c3O)C(=O)O[C@H]2[C@@H](O)[C@H]1O. The van der Waals surface area contributed by atoms with E-state index < -0.39 is 112 Å². The molecule has 0 amide bonds. The number of aliphatic hydroxyl groups excluding tert-OH is 2. The molecule has 0 radical (unpaired) electrons. The van der Waals surface area contributed by atoms with E-state index in [1.54, 1.807) is 0 Å². The zero-order valence-electron chi connectivity index (χ0n) is 22.6. The number of carbonyl (C=O) groups excluding carboxylic acids is 3. The first kappa shape index (κ1) is 30.7. The van der Waals surface area contributed by atoms with Gasteiger partial charge in [0.25, 0.3) is 0 Å². The van der Waals surface area contributed by atoms with E-state index in [0.29, 0.717) is 17.7 Å². The molecule has 0 unspecified atom stereocenters. The summed E-state index contributed by atoms with van der Waals surface area (Å²) in [7, 11) is 0. The maximum absolute atomic E-state index is 13.4. The lowest BCUT2D eigenvalue weighted by molar-refractivity contribution is -0.290. The van der Waals surface area contributed by atoms with Crippen molar-refractivity contribution in [1.29, 1.82) is 0 Å². The molecule has 3 aromatic carbocycles. The molecule has 0 saturated carbocycles. The number of hydrogen-bond donors (Lipinski definition) is 9. The van der Waals surface area contributed by atoms with E-state index in [-0.39, 0.29) is 5.75 Å². The van der Waals surface area contributed by atoms with Gasteiger partial charge in [-0.3, -0.25) is 0 Å². The Morgan fingerprint density at radius 3 is 1.91 bits per heavy atom. The predicted octanol–water partition coefficient (Wildman–Crippen LogP) is 0.692. The molecular formula is C29H24O16. The molecule has 0 aliphatic carbocycles. The minimum absolute atomic E-state index is 0.00900. The highest BCUT2D eigenvalue weighted by Gasteiger charge is 2.49. The zero-order chi connectivity index (χ0) is 32.7. The van der Waals surface area contributed by atoms with E-state index in [1.807, 2.05) is 0 Å². The van der Waals surface area contributed by atoms with Gasteiger partial charge in [0.05, 0.1) is 11.1 Å². The van der Waals surface area contributed by atoms with Crippen LogP contribution in [0.1, 0.15) is 26.3 Å². The minimum atomic E-state index is -2.06. The number of aliphatic hydroxyl groups is 2. The van der Waals surface area contributed by atoms with Crippen molar-refractivity contribution in [2.24, 2.45) is 0 Å². The first-order valence-corrected chi connectivity index (χ1v) is 12.9. The van der Waals surface area contributed by atoms with Crippen molar-refractivity contribution in [3.63, 3.8) is 0 Å². The maximum Gasteiger partial charge on any atom is 0.339 e. The average molecular weight is 628 g/mol. The first-order chi connectivity index (χ1) is 21.3. The molecule has 2 aliphatic rings. The van der Waals surface area contributed by atoms with Gasteiger partial charge < -0.3 is 64.9 Å². The Labute approximate surface area is 251 Å². The van der Waals surface area contributed by atoms with Crippen LogP contribution in [-0.2, 0) is 23.7 Å². The van der Waals surface area contributed by atoms with Crippen molar-refractivity contribution >= 4 is 24.0 Å². The number of carbonyl (C=O) groups is 3. The van der Waals surface area contributed by atoms with Crippen LogP contribution in [0.15, 0.2) is 42.5 Å². The lowest BCUT2D eigenvalue weighted by atomic mass is 9.92. The van der Waals surface area contributed by atoms with Crippen molar-refractivity contribution in [2.45, 2.75) is 30.7 Å². The van der Waals surface area contributed by atoms with Gasteiger partial charge in [0.15, 0.2) is 29.1 Å². The van der Waals surface area contributed by atoms with Crippen LogP contribution in [0.4, 0.5) is 0 Å². The number of rotatable bonds is 3. The largest absolute Gasteiger partial charge is 0.508 e. The van der Waals surface area contributed by atoms with Gasteiger partial charge in [0.2, 0.25) is 17.8 Å². The summed E-state index contributed by atoms with van der Waals surface area (Å²) in [5.41, 5.74) is -2.77. The van der Waals surface area contributed by atoms with Gasteiger partial charge in [0.1, 0.15) is 30.7 Å². The lowest BCUT2D eigenvalue weighted by Crippen LogP contribution is -2.61. The third-order valence-corrected chi connectivity index (χ3v) is 7.00. The molecule has 5 atom stereocenters. The molecule has 16 nitrogen and oxygen atoms in total. The number of benzene rings is 3. The van der Waals surface area contributed by atoms with E-state index >= 15 is 0 Å². The Hall–Kier alpha value is -5.71. The van der Waals surface area contributed by atoms with Crippen LogP contribution in [0.5, 0.6) is 40.2 Å². The fraction of sp³-hybridized carbons (Fsp3) is 0.207. The standard InChI is InChI=1S/C29H24O16/c30-11-4-1-10(2-5-11)3-6-17(33)44-29-25(39)24(38)26-16(43-29)9-42-27(40)12-7-14(31)20(34)22(36)18(12)19-13(28(41)45-26)8-15(32)21(35)23(19)37/h1-8,16,24-26,29-32,34-39H,9H2/t16-,24+,25-,26-,29+/m1/s1. The summed E-state index contributed by atoms with van der Waals surface area (Å²) in [6.45, 7) is -0.862. The van der Waals surface area contributed by atoms with E-state index in [1.165, 1.54) is 30.3 Å². The summed E-state index contributed by atoms with van der Waals surface area (Å²) >= 11 is 0. The van der Waals surface area contributed by atoms with E-state index in [9.17, 15) is 60.3 Å². The van der Waals surface area contributed by atoms with Gasteiger partial charge in [-0.2, -0.15) is 0 Å². The van der Waals surface area contributed by atoms with Crippen LogP contribution >= 0.6 is 0 Å². The predicted molar refractivity (Wildman–Crippen MR) is 145 cm³/mol. The van der Waals surface area contributed by atoms with Gasteiger partial charge in [0, 0.05) is 17.2 Å². The maximum atomic E-state index is 13.4. The molecule has 3 aromatic rings. The number of hydrogen-bond acceptors (Lipinski definition) is 16. The summed E-state index contributed by atoms with van der Waals surface area (Å²) in [6.07, 6.45) is -7.22. The summed E-state index contributed by atoms with van der Waals surface area (Å²) in [4.78, 5) is 39.1. The molecule has 2 aliphatic heterocycles. The molecule has 0 spiro atoms. The van der Waals surface area contributed by atoms with Crippen molar-refractivity contribution < 1.29 is 79.3 Å². The van der Waals surface area contributed by atoms with Crippen LogP contribution in [-0.4, -0.2) is 101 Å². The van der Waals surface area contributed by atoms with Crippen molar-refractivity contribution in [3.05, 3.63) is 59.2 Å². The van der Waals surface area contributed by atoms with Gasteiger partial charge in [-0.05, 0) is 35.9 Å². The monoisotopic (exact) mass is 628 g/mol. The number of esters is 3. The van der Waals surface area contributed by atoms with Crippen LogP contribution in [0.3, 0.4) is 0 Å². The zero-order valence-corrected chi connectivity index (χ0v) is 22.6. The summed E-state index contributed by atoms with van der Waals surface area (Å²) in [6, 6.07) is 6.91. The van der Waals surface area contributed by atoms with Crippen LogP contribution in [0, 0.1) is 0 Å². The molecule has 1 fully saturated rings. The quantitative estimate of drug-likeness (QED) is 0.0835. The normalized spacial score (nSPS) is 23.1. The Morgan fingerprint density at radius 2 is 1.33 bits per heavy atom. The highest BCUT2D eigenvalue weighted by molar-refractivity contribution is 6.08. The molecule has 0 bridgehead atoms. The Bertz CT molecular complexity index is 1710. The van der Waals surface area contributed by atoms with E-state index in [2.05, 4.69) is 0 Å². The molecule has 5 rings (SSSR count). The summed E-state index contributed by atoms with van der Waals surface area (Å²) < 4.78 is 21.2. The number of fused-ring (bicyclic) bond motifs is 4. The second kappa shape index (κ2) is 11.8. The molecule has 2 heterocycles. The fourth-order valence-corrected chi connectivity index (χ4v) is 4.73. The van der Waals surface area contributed by atoms with Crippen molar-refractivity contribution in [1.82, 2.24) is 0 Å². The van der Waals surface area contributed by atoms with Gasteiger partial charge in [-0.25, -0.2) is 14.4 Å². The average Bonchev–Trinajstić information content (AvgIpc) is 3.02. The summed E-state index contributed by atoms with van der Waals surface area (Å²) in [5, 5.41) is 92.8. The Kier molecular flexibility index (Phi) is 8.03. The molecule has 45 heavy (non-hydrogen) atoms. The van der Waals surface area contributed by atoms with Gasteiger partial charge >= 0.3 is 17.9 Å². The minimum Gasteiger partial charge on any atom is -0.508 e. The number of phenols is 7. The van der Waals surface area contributed by atoms with E-state index in [0.717, 1.165) is 6.08 Å². The highest BCUT2D eigenvalue weighted by atomic mass is 16.7. The van der Waals surface area contributed by atoms with Crippen molar-refractivity contribution in [2.75, 3.05) is 6.61 Å². The van der Waals surface area contributed by atoms with Gasteiger partial charge in [-0.1, -0.05) is 12.1 Å². The third kappa shape index (κ3) is 5.67. The molecule has 236 valence electrons. The third-order valence-electron chi connectivity index (χ3n) is 7.00. The summed E-state index contributed by atoms with van der Waals surface area (Å²) in [5.74, 6) is -10.9. The van der Waals surface area contributed by atoms with Gasteiger partial charge in [-0.15, -0.1) is 0 Å². The number of ether oxygens (including phenoxy) is 4. The lowest BCUT2D eigenvalue weighted by Gasteiger charge is -2.41. The fourth-order valence-electron chi connectivity index (χ4n) is 4.73. The van der Waals surface area contributed by atoms with Crippen LogP contribution < -0.4 is 0 Å².